The maximum atomic E-state index is 2.66. The van der Waals surface area contributed by atoms with Crippen LogP contribution in [0, 0.1) is 0 Å². The molecule has 0 fully saturated rings. The van der Waals surface area contributed by atoms with E-state index in [0.29, 0.717) is 0 Å². The summed E-state index contributed by atoms with van der Waals surface area (Å²) in [4.78, 5) is 0. The summed E-state index contributed by atoms with van der Waals surface area (Å²) in [7, 11) is -1.35. The molecule has 0 nitrogen and oxygen atoms in total. The second-order valence-corrected chi connectivity index (χ2v) is 13.1. The number of rotatable bonds is 14. The zero-order valence-electron chi connectivity index (χ0n) is 17.4. The van der Waals surface area contributed by atoms with Crippen LogP contribution in [0.25, 0.3) is 0 Å². The van der Waals surface area contributed by atoms with Gasteiger partial charge in [-0.25, -0.2) is 0 Å². The highest BCUT2D eigenvalue weighted by atomic mass is 28.3. The molecule has 0 aromatic heterocycles. The van der Waals surface area contributed by atoms with Crippen molar-refractivity contribution in [1.29, 1.82) is 0 Å². The standard InChI is InChI=1S/C24H42Si/c1-5-7-9-11-16-20-24(21-17-12-10-8-6-2)25(3,4)22-23-18-14-13-15-19-23/h13-15,18-20H,5-12,16-17,21-22H2,1-4H3/b24-20-. The van der Waals surface area contributed by atoms with Gasteiger partial charge in [-0.3, -0.25) is 0 Å². The van der Waals surface area contributed by atoms with Crippen LogP contribution in [0.2, 0.25) is 13.1 Å². The highest BCUT2D eigenvalue weighted by Gasteiger charge is 2.25. The van der Waals surface area contributed by atoms with E-state index in [2.05, 4.69) is 63.3 Å². The van der Waals surface area contributed by atoms with Crippen LogP contribution in [0.15, 0.2) is 41.6 Å². The lowest BCUT2D eigenvalue weighted by Crippen LogP contribution is -2.33. The van der Waals surface area contributed by atoms with E-state index in [9.17, 15) is 0 Å². The van der Waals surface area contributed by atoms with Gasteiger partial charge in [-0.15, -0.1) is 0 Å². The van der Waals surface area contributed by atoms with Crippen molar-refractivity contribution in [3.63, 3.8) is 0 Å². The SMILES string of the molecule is CCCCCC/C=C(/CCCCCCC)[Si](C)(C)Cc1ccccc1. The fourth-order valence-electron chi connectivity index (χ4n) is 3.70. The first-order chi connectivity index (χ1) is 12.1. The first-order valence-electron chi connectivity index (χ1n) is 10.8. The Morgan fingerprint density at radius 1 is 0.800 bits per heavy atom. The summed E-state index contributed by atoms with van der Waals surface area (Å²) in [6.07, 6.45) is 17.8. The molecule has 0 aliphatic heterocycles. The predicted molar refractivity (Wildman–Crippen MR) is 118 cm³/mol. The van der Waals surface area contributed by atoms with E-state index in [1.54, 1.807) is 0 Å². The number of benzene rings is 1. The Balaban J connectivity index is 2.64. The maximum absolute atomic E-state index is 2.66. The van der Waals surface area contributed by atoms with Crippen molar-refractivity contribution in [1.82, 2.24) is 0 Å². The summed E-state index contributed by atoms with van der Waals surface area (Å²) in [6, 6.07) is 12.4. The van der Waals surface area contributed by atoms with E-state index in [4.69, 9.17) is 0 Å². The van der Waals surface area contributed by atoms with Crippen LogP contribution < -0.4 is 0 Å². The molecule has 25 heavy (non-hydrogen) atoms. The molecule has 0 amide bonds. The van der Waals surface area contributed by atoms with Gasteiger partial charge < -0.3 is 0 Å². The van der Waals surface area contributed by atoms with Crippen LogP contribution in [0.3, 0.4) is 0 Å². The van der Waals surface area contributed by atoms with E-state index >= 15 is 0 Å². The van der Waals surface area contributed by atoms with Crippen LogP contribution in [0.1, 0.15) is 90.0 Å². The van der Waals surface area contributed by atoms with Gasteiger partial charge in [0.25, 0.3) is 0 Å². The van der Waals surface area contributed by atoms with Gasteiger partial charge in [-0.1, -0.05) is 119 Å². The Bertz CT molecular complexity index is 458. The second kappa shape index (κ2) is 13.4. The first-order valence-corrected chi connectivity index (χ1v) is 14.0. The summed E-state index contributed by atoms with van der Waals surface area (Å²) in [5, 5.41) is 1.84. The molecule has 1 rings (SSSR count). The maximum Gasteiger partial charge on any atom is 0.0793 e. The lowest BCUT2D eigenvalue weighted by Gasteiger charge is -2.27. The van der Waals surface area contributed by atoms with Crippen LogP contribution in [0.5, 0.6) is 0 Å². The third-order valence-corrected chi connectivity index (χ3v) is 8.84. The van der Waals surface area contributed by atoms with Crippen LogP contribution in [0.4, 0.5) is 0 Å². The molecule has 0 atom stereocenters. The molecule has 0 saturated carbocycles. The molecule has 0 heterocycles. The average molecular weight is 359 g/mol. The van der Waals surface area contributed by atoms with Crippen molar-refractivity contribution in [3.8, 4) is 0 Å². The summed E-state index contributed by atoms with van der Waals surface area (Å²) in [6.45, 7) is 9.78. The normalized spacial score (nSPS) is 12.6. The van der Waals surface area contributed by atoms with Crippen LogP contribution >= 0.6 is 0 Å². The van der Waals surface area contributed by atoms with Gasteiger partial charge in [0.2, 0.25) is 0 Å². The minimum atomic E-state index is -1.35. The summed E-state index contributed by atoms with van der Waals surface area (Å²) in [5.41, 5.74) is 1.53. The van der Waals surface area contributed by atoms with Gasteiger partial charge in [0.15, 0.2) is 0 Å². The van der Waals surface area contributed by atoms with Gasteiger partial charge >= 0.3 is 0 Å². The van der Waals surface area contributed by atoms with Crippen LogP contribution in [-0.2, 0) is 6.04 Å². The molecule has 1 aromatic rings. The van der Waals surface area contributed by atoms with Gasteiger partial charge in [0.05, 0.1) is 8.07 Å². The third kappa shape index (κ3) is 10.0. The molecule has 1 heteroatoms. The summed E-state index contributed by atoms with van der Waals surface area (Å²) >= 11 is 0. The summed E-state index contributed by atoms with van der Waals surface area (Å²) < 4.78 is 0. The lowest BCUT2D eigenvalue weighted by molar-refractivity contribution is 0.632. The quantitative estimate of drug-likeness (QED) is 0.232. The third-order valence-electron chi connectivity index (χ3n) is 5.36. The van der Waals surface area contributed by atoms with Gasteiger partial charge in [-0.2, -0.15) is 0 Å². The average Bonchev–Trinajstić information content (AvgIpc) is 2.60. The predicted octanol–water partition coefficient (Wildman–Crippen LogP) is 8.27. The second-order valence-electron chi connectivity index (χ2n) is 8.29. The van der Waals surface area contributed by atoms with Crippen LogP contribution in [-0.4, -0.2) is 8.07 Å². The highest BCUT2D eigenvalue weighted by molar-refractivity contribution is 6.83. The largest absolute Gasteiger partial charge is 0.0891 e. The van der Waals surface area contributed by atoms with Gasteiger partial charge in [0, 0.05) is 0 Å². The monoisotopic (exact) mass is 358 g/mol. The molecule has 0 aliphatic rings. The molecule has 0 bridgehead atoms. The zero-order valence-corrected chi connectivity index (χ0v) is 18.4. The minimum absolute atomic E-state index is 1.30. The van der Waals surface area contributed by atoms with E-state index < -0.39 is 8.07 Å². The molecule has 142 valence electrons. The zero-order chi connectivity index (χ0) is 18.4. The minimum Gasteiger partial charge on any atom is -0.0891 e. The Kier molecular flexibility index (Phi) is 11.9. The molecule has 0 aliphatic carbocycles. The van der Waals surface area contributed by atoms with E-state index in [0.717, 1.165) is 0 Å². The van der Waals surface area contributed by atoms with Crippen molar-refractivity contribution in [3.05, 3.63) is 47.2 Å². The molecule has 0 radical (unpaired) electrons. The van der Waals surface area contributed by atoms with Gasteiger partial charge in [-0.05, 0) is 31.7 Å². The number of allylic oxidation sites excluding steroid dienone is 2. The number of hydrogen-bond donors (Lipinski definition) is 0. The van der Waals surface area contributed by atoms with Crippen molar-refractivity contribution < 1.29 is 0 Å². The smallest absolute Gasteiger partial charge is 0.0793 e. The van der Waals surface area contributed by atoms with Crippen molar-refractivity contribution in [2.75, 3.05) is 0 Å². The molecular weight excluding hydrogens is 316 g/mol. The Morgan fingerprint density at radius 3 is 2.04 bits per heavy atom. The van der Waals surface area contributed by atoms with E-state index in [-0.39, 0.29) is 0 Å². The number of hydrogen-bond acceptors (Lipinski definition) is 0. The van der Waals surface area contributed by atoms with E-state index in [1.165, 1.54) is 82.2 Å². The topological polar surface area (TPSA) is 0 Å². The summed E-state index contributed by atoms with van der Waals surface area (Å²) in [5.74, 6) is 0. The van der Waals surface area contributed by atoms with E-state index in [1.807, 2.05) is 5.20 Å². The van der Waals surface area contributed by atoms with Crippen molar-refractivity contribution in [2.24, 2.45) is 0 Å². The molecule has 0 saturated heterocycles. The van der Waals surface area contributed by atoms with Crippen molar-refractivity contribution >= 4 is 8.07 Å². The van der Waals surface area contributed by atoms with Crippen molar-refractivity contribution in [2.45, 2.75) is 104 Å². The molecule has 0 N–H and O–H groups in total. The fraction of sp³-hybridized carbons (Fsp3) is 0.667. The fourth-order valence-corrected chi connectivity index (χ4v) is 6.74. The molecule has 0 unspecified atom stereocenters. The lowest BCUT2D eigenvalue weighted by atomic mass is 10.1. The first kappa shape index (κ1) is 22.2. The Morgan fingerprint density at radius 2 is 1.40 bits per heavy atom. The molecular formula is C24H42Si. The van der Waals surface area contributed by atoms with Gasteiger partial charge in [0.1, 0.15) is 0 Å². The Hall–Kier alpha value is -0.823. The molecule has 0 spiro atoms. The highest BCUT2D eigenvalue weighted by Crippen LogP contribution is 2.26. The Labute approximate surface area is 159 Å². The number of unbranched alkanes of at least 4 members (excludes halogenated alkanes) is 8. The molecule has 1 aromatic carbocycles.